The molecule has 0 unspecified atom stereocenters. The van der Waals surface area contributed by atoms with Gasteiger partial charge < -0.3 is 10.1 Å². The summed E-state index contributed by atoms with van der Waals surface area (Å²) in [5.74, 6) is -1.16. The van der Waals surface area contributed by atoms with Gasteiger partial charge in [-0.3, -0.25) is 4.79 Å². The lowest BCUT2D eigenvalue weighted by Crippen LogP contribution is -2.41. The lowest BCUT2D eigenvalue weighted by Gasteiger charge is -2.23. The summed E-state index contributed by atoms with van der Waals surface area (Å²) in [7, 11) is 0. The van der Waals surface area contributed by atoms with Crippen LogP contribution in [0, 0.1) is 5.82 Å². The summed E-state index contributed by atoms with van der Waals surface area (Å²) in [6.45, 7) is 0.259. The van der Waals surface area contributed by atoms with E-state index in [0.29, 0.717) is 12.0 Å². The van der Waals surface area contributed by atoms with Gasteiger partial charge in [0.15, 0.2) is 6.10 Å². The first-order valence-electron chi connectivity index (χ1n) is 6.94. The Hall–Kier alpha value is -2.69. The number of hydrogen-bond acceptors (Lipinski definition) is 3. The third kappa shape index (κ3) is 2.98. The number of ether oxygens (including phenoxy) is 1. The molecule has 4 nitrogen and oxygen atoms in total. The van der Waals surface area contributed by atoms with Crippen LogP contribution in [0.25, 0.3) is 0 Å². The van der Waals surface area contributed by atoms with E-state index < -0.39 is 12.1 Å². The van der Waals surface area contributed by atoms with Gasteiger partial charge in [0.25, 0.3) is 5.91 Å². The first-order chi connectivity index (χ1) is 10.6. The van der Waals surface area contributed by atoms with E-state index in [9.17, 15) is 14.0 Å². The highest BCUT2D eigenvalue weighted by molar-refractivity contribution is 5.95. The smallest absolute Gasteiger partial charge is 0.339 e. The van der Waals surface area contributed by atoms with Crippen LogP contribution in [-0.4, -0.2) is 18.0 Å². The van der Waals surface area contributed by atoms with E-state index in [-0.39, 0.29) is 18.3 Å². The van der Waals surface area contributed by atoms with Crippen LogP contribution in [0.4, 0.5) is 4.39 Å². The fourth-order valence-electron chi connectivity index (χ4n) is 2.38. The minimum atomic E-state index is -0.831. The number of halogens is 1. The molecular weight excluding hydrogens is 285 g/mol. The molecule has 3 rings (SSSR count). The summed E-state index contributed by atoms with van der Waals surface area (Å²) < 4.78 is 18.0. The Bertz CT molecular complexity index is 712. The summed E-state index contributed by atoms with van der Waals surface area (Å²) in [5.41, 5.74) is 2.09. The molecule has 1 heterocycles. The molecule has 2 aromatic rings. The topological polar surface area (TPSA) is 55.4 Å². The van der Waals surface area contributed by atoms with E-state index in [1.165, 1.54) is 12.1 Å². The average Bonchev–Trinajstić information content (AvgIpc) is 2.54. The Morgan fingerprint density at radius 1 is 1.18 bits per heavy atom. The predicted octanol–water partition coefficient (Wildman–Crippen LogP) is 2.22. The Morgan fingerprint density at radius 3 is 2.68 bits per heavy atom. The molecule has 0 aliphatic carbocycles. The second kappa shape index (κ2) is 5.97. The number of benzene rings is 2. The van der Waals surface area contributed by atoms with Crippen LogP contribution < -0.4 is 5.32 Å². The highest BCUT2D eigenvalue weighted by Gasteiger charge is 2.30. The molecule has 22 heavy (non-hydrogen) atoms. The van der Waals surface area contributed by atoms with Gasteiger partial charge >= 0.3 is 5.97 Å². The quantitative estimate of drug-likeness (QED) is 0.884. The molecule has 0 saturated heterocycles. The van der Waals surface area contributed by atoms with Gasteiger partial charge in [0.1, 0.15) is 5.82 Å². The highest BCUT2D eigenvalue weighted by Crippen LogP contribution is 2.20. The van der Waals surface area contributed by atoms with Gasteiger partial charge in [0.2, 0.25) is 0 Å². The summed E-state index contributed by atoms with van der Waals surface area (Å²) in [5, 5.41) is 2.70. The molecular formula is C17H14FNO3. The molecule has 1 amide bonds. The van der Waals surface area contributed by atoms with Crippen molar-refractivity contribution in [2.75, 3.05) is 0 Å². The van der Waals surface area contributed by atoms with Crippen LogP contribution in [0.5, 0.6) is 0 Å². The van der Waals surface area contributed by atoms with Crippen molar-refractivity contribution in [2.24, 2.45) is 0 Å². The molecule has 0 bridgehead atoms. The van der Waals surface area contributed by atoms with Gasteiger partial charge in [-0.2, -0.15) is 0 Å². The van der Waals surface area contributed by atoms with E-state index in [1.807, 2.05) is 12.1 Å². The lowest BCUT2D eigenvalue weighted by atomic mass is 9.98. The molecule has 1 N–H and O–H groups in total. The SMILES string of the molecule is O=C1O[C@H](C(=O)NCc2ccc(F)cc2)Cc2ccccc21. The van der Waals surface area contributed by atoms with E-state index in [0.717, 1.165) is 11.1 Å². The van der Waals surface area contributed by atoms with Crippen molar-refractivity contribution in [3.63, 3.8) is 0 Å². The zero-order valence-electron chi connectivity index (χ0n) is 11.7. The van der Waals surface area contributed by atoms with Gasteiger partial charge in [-0.1, -0.05) is 30.3 Å². The monoisotopic (exact) mass is 299 g/mol. The number of cyclic esters (lactones) is 1. The molecule has 0 spiro atoms. The standard InChI is InChI=1S/C17H14FNO3/c18-13-7-5-11(6-8-13)10-19-16(20)15-9-12-3-1-2-4-14(12)17(21)22-15/h1-8,15H,9-10H2,(H,19,20)/t15-/m0/s1. The fourth-order valence-corrected chi connectivity index (χ4v) is 2.38. The second-order valence-corrected chi connectivity index (χ2v) is 5.10. The van der Waals surface area contributed by atoms with Crippen LogP contribution in [-0.2, 0) is 22.5 Å². The maximum Gasteiger partial charge on any atom is 0.339 e. The van der Waals surface area contributed by atoms with Crippen LogP contribution in [0.1, 0.15) is 21.5 Å². The normalized spacial score (nSPS) is 16.6. The Balaban J connectivity index is 1.64. The van der Waals surface area contributed by atoms with Gasteiger partial charge in [0, 0.05) is 13.0 Å². The molecule has 0 fully saturated rings. The van der Waals surface area contributed by atoms with E-state index in [4.69, 9.17) is 4.74 Å². The highest BCUT2D eigenvalue weighted by atomic mass is 19.1. The zero-order valence-corrected chi connectivity index (χ0v) is 11.7. The van der Waals surface area contributed by atoms with Gasteiger partial charge in [-0.15, -0.1) is 0 Å². The van der Waals surface area contributed by atoms with Crippen LogP contribution in [0.15, 0.2) is 48.5 Å². The van der Waals surface area contributed by atoms with Crippen LogP contribution in [0.3, 0.4) is 0 Å². The van der Waals surface area contributed by atoms with Gasteiger partial charge in [0.05, 0.1) is 5.56 Å². The minimum Gasteiger partial charge on any atom is -0.448 e. The Kier molecular flexibility index (Phi) is 3.87. The minimum absolute atomic E-state index is 0.259. The molecule has 2 aromatic carbocycles. The third-order valence-corrected chi connectivity index (χ3v) is 3.56. The molecule has 5 heteroatoms. The van der Waals surface area contributed by atoms with Crippen LogP contribution >= 0.6 is 0 Å². The second-order valence-electron chi connectivity index (χ2n) is 5.10. The first-order valence-corrected chi connectivity index (χ1v) is 6.94. The maximum absolute atomic E-state index is 12.8. The number of carbonyl (C=O) groups is 2. The van der Waals surface area contributed by atoms with Gasteiger partial charge in [-0.05, 0) is 29.3 Å². The van der Waals surface area contributed by atoms with E-state index >= 15 is 0 Å². The zero-order chi connectivity index (χ0) is 15.5. The molecule has 1 aliphatic rings. The Morgan fingerprint density at radius 2 is 1.91 bits per heavy atom. The summed E-state index contributed by atoms with van der Waals surface area (Å²) >= 11 is 0. The van der Waals surface area contributed by atoms with Crippen LogP contribution in [0.2, 0.25) is 0 Å². The molecule has 112 valence electrons. The van der Waals surface area contributed by atoms with E-state index in [2.05, 4.69) is 5.32 Å². The van der Waals surface area contributed by atoms with Crippen molar-refractivity contribution in [3.05, 3.63) is 71.0 Å². The number of esters is 1. The number of amides is 1. The maximum atomic E-state index is 12.8. The summed E-state index contributed by atoms with van der Waals surface area (Å²) in [6, 6.07) is 12.9. The van der Waals surface area contributed by atoms with Crippen molar-refractivity contribution < 1.29 is 18.7 Å². The molecule has 0 aromatic heterocycles. The Labute approximate surface area is 126 Å². The summed E-state index contributed by atoms with van der Waals surface area (Å²) in [6.07, 6.45) is -0.472. The number of carbonyl (C=O) groups excluding carboxylic acids is 2. The summed E-state index contributed by atoms with van der Waals surface area (Å²) in [4.78, 5) is 24.0. The third-order valence-electron chi connectivity index (χ3n) is 3.56. The number of fused-ring (bicyclic) bond motifs is 1. The molecule has 1 atom stereocenters. The predicted molar refractivity (Wildman–Crippen MR) is 77.6 cm³/mol. The van der Waals surface area contributed by atoms with Crippen molar-refractivity contribution >= 4 is 11.9 Å². The molecule has 1 aliphatic heterocycles. The number of rotatable bonds is 3. The molecule has 0 radical (unpaired) electrons. The fraction of sp³-hybridized carbons (Fsp3) is 0.176. The van der Waals surface area contributed by atoms with Crippen molar-refractivity contribution in [1.29, 1.82) is 0 Å². The number of nitrogens with one attached hydrogen (secondary N) is 1. The van der Waals surface area contributed by atoms with Crippen molar-refractivity contribution in [1.82, 2.24) is 5.32 Å². The van der Waals surface area contributed by atoms with Gasteiger partial charge in [-0.25, -0.2) is 9.18 Å². The lowest BCUT2D eigenvalue weighted by molar-refractivity contribution is -0.130. The average molecular weight is 299 g/mol. The largest absolute Gasteiger partial charge is 0.448 e. The van der Waals surface area contributed by atoms with Crippen molar-refractivity contribution in [3.8, 4) is 0 Å². The molecule has 0 saturated carbocycles. The van der Waals surface area contributed by atoms with Crippen molar-refractivity contribution in [2.45, 2.75) is 19.1 Å². The first kappa shape index (κ1) is 14.3. The number of hydrogen-bond donors (Lipinski definition) is 1. The van der Waals surface area contributed by atoms with E-state index in [1.54, 1.807) is 24.3 Å².